The van der Waals surface area contributed by atoms with Crippen LogP contribution >= 0.6 is 24.0 Å². The summed E-state index contributed by atoms with van der Waals surface area (Å²) in [5, 5.41) is 0. The Morgan fingerprint density at radius 1 is 1.33 bits per heavy atom. The molecule has 0 unspecified atom stereocenters. The molecule has 0 heterocycles. The van der Waals surface area contributed by atoms with E-state index in [1.54, 1.807) is 0 Å². The molecule has 0 aliphatic carbocycles. The van der Waals surface area contributed by atoms with Crippen molar-refractivity contribution in [2.45, 2.75) is 32.9 Å². The molecule has 15 heavy (non-hydrogen) atoms. The van der Waals surface area contributed by atoms with Crippen molar-refractivity contribution in [1.82, 2.24) is 0 Å². The Morgan fingerprint density at radius 2 is 1.87 bits per heavy atom. The van der Waals surface area contributed by atoms with Gasteiger partial charge in [-0.1, -0.05) is 24.0 Å². The van der Waals surface area contributed by atoms with Gasteiger partial charge in [0.15, 0.2) is 0 Å². The van der Waals surface area contributed by atoms with Crippen LogP contribution in [0.4, 0.5) is 0 Å². The first kappa shape index (κ1) is 15.4. The van der Waals surface area contributed by atoms with Crippen molar-refractivity contribution in [2.24, 2.45) is 5.73 Å². The van der Waals surface area contributed by atoms with Gasteiger partial charge in [0.2, 0.25) is 0 Å². The summed E-state index contributed by atoms with van der Waals surface area (Å²) >= 11 is 6.32. The molecule has 0 aliphatic heterocycles. The average Bonchev–Trinajstić information content (AvgIpc) is 2.13. The highest BCUT2D eigenvalue weighted by molar-refractivity contribution is 8.22. The Hall–Kier alpha value is 0.377. The second kappa shape index (κ2) is 8.52. The monoisotopic (exact) mass is 267 g/mol. The molecule has 6 heteroatoms. The molecule has 0 radical (unpaired) electrons. The van der Waals surface area contributed by atoms with Crippen LogP contribution in [0.2, 0.25) is 12.6 Å². The zero-order valence-electron chi connectivity index (χ0n) is 9.75. The van der Waals surface area contributed by atoms with Gasteiger partial charge in [0.25, 0.3) is 0 Å². The lowest BCUT2D eigenvalue weighted by Gasteiger charge is -2.25. The third-order valence-electron chi connectivity index (χ3n) is 1.92. The van der Waals surface area contributed by atoms with E-state index in [4.69, 9.17) is 26.8 Å². The molecule has 0 aromatic rings. The van der Waals surface area contributed by atoms with Gasteiger partial charge in [-0.05, 0) is 32.9 Å². The van der Waals surface area contributed by atoms with Gasteiger partial charge in [-0.25, -0.2) is 0 Å². The first-order valence-corrected chi connectivity index (χ1v) is 9.16. The van der Waals surface area contributed by atoms with E-state index in [1.807, 2.05) is 13.8 Å². The minimum Gasteiger partial charge on any atom is -0.395 e. The van der Waals surface area contributed by atoms with E-state index < -0.39 is 8.56 Å². The normalized spacial score (nSPS) is 11.7. The van der Waals surface area contributed by atoms with Crippen molar-refractivity contribution in [3.05, 3.63) is 0 Å². The predicted octanol–water partition coefficient (Wildman–Crippen LogP) is 2.50. The van der Waals surface area contributed by atoms with E-state index in [0.29, 0.717) is 4.32 Å². The molecule has 0 aliphatic rings. The lowest BCUT2D eigenvalue weighted by atomic mass is 10.6. The zero-order chi connectivity index (χ0) is 11.7. The summed E-state index contributed by atoms with van der Waals surface area (Å²) in [7, 11) is -1.92. The maximum Gasteiger partial charge on any atom is 0.334 e. The van der Waals surface area contributed by atoms with Gasteiger partial charge in [-0.15, -0.1) is 0 Å². The highest BCUT2D eigenvalue weighted by atomic mass is 32.2. The van der Waals surface area contributed by atoms with Gasteiger partial charge in [0.1, 0.15) is 4.32 Å². The number of rotatable bonds is 8. The number of hydrogen-bond acceptors (Lipinski definition) is 4. The van der Waals surface area contributed by atoms with Crippen LogP contribution in [0, 0.1) is 0 Å². The minimum atomic E-state index is -1.92. The summed E-state index contributed by atoms with van der Waals surface area (Å²) in [6, 6.07) is 1.00. The summed E-state index contributed by atoms with van der Waals surface area (Å²) < 4.78 is 12.0. The average molecular weight is 267 g/mol. The van der Waals surface area contributed by atoms with E-state index in [-0.39, 0.29) is 0 Å². The molecule has 0 bridgehead atoms. The van der Waals surface area contributed by atoms with Crippen molar-refractivity contribution in [2.75, 3.05) is 19.0 Å². The summed E-state index contributed by atoms with van der Waals surface area (Å²) in [6.07, 6.45) is 1.05. The topological polar surface area (TPSA) is 44.5 Å². The van der Waals surface area contributed by atoms with Crippen molar-refractivity contribution in [1.29, 1.82) is 0 Å². The third-order valence-corrected chi connectivity index (χ3v) is 6.11. The molecule has 2 N–H and O–H groups in total. The van der Waals surface area contributed by atoms with Crippen molar-refractivity contribution < 1.29 is 8.85 Å². The second-order valence-electron chi connectivity index (χ2n) is 3.27. The predicted molar refractivity (Wildman–Crippen MR) is 73.5 cm³/mol. The lowest BCUT2D eigenvalue weighted by Crippen LogP contribution is -2.38. The van der Waals surface area contributed by atoms with E-state index in [9.17, 15) is 0 Å². The molecule has 0 rings (SSSR count). The molecule has 0 spiro atoms. The van der Waals surface area contributed by atoms with Crippen LogP contribution in [0.25, 0.3) is 0 Å². The largest absolute Gasteiger partial charge is 0.395 e. The second-order valence-corrected chi connectivity index (χ2v) is 8.45. The minimum absolute atomic E-state index is 0.520. The molecule has 0 aromatic carbocycles. The van der Waals surface area contributed by atoms with E-state index in [2.05, 4.69) is 6.55 Å². The fourth-order valence-electron chi connectivity index (χ4n) is 1.36. The van der Waals surface area contributed by atoms with Gasteiger partial charge >= 0.3 is 8.56 Å². The first-order chi connectivity index (χ1) is 7.04. The molecule has 0 saturated carbocycles. The van der Waals surface area contributed by atoms with Crippen LogP contribution in [0.3, 0.4) is 0 Å². The Bertz CT molecular complexity index is 187. The molecule has 90 valence electrons. The SMILES string of the molecule is CCO[Si](C)(CCCSC(N)=S)OCC. The summed E-state index contributed by atoms with van der Waals surface area (Å²) in [5.74, 6) is 0.956. The molecule has 3 nitrogen and oxygen atoms in total. The maximum atomic E-state index is 5.72. The van der Waals surface area contributed by atoms with Crippen LogP contribution in [0.1, 0.15) is 20.3 Å². The van der Waals surface area contributed by atoms with Crippen LogP contribution in [-0.4, -0.2) is 31.8 Å². The highest BCUT2D eigenvalue weighted by Gasteiger charge is 2.29. The molecule has 0 aromatic heterocycles. The fourth-order valence-corrected chi connectivity index (χ4v) is 4.77. The van der Waals surface area contributed by atoms with Gasteiger partial charge < -0.3 is 14.6 Å². The molecular formula is C9H21NO2S2Si. The zero-order valence-corrected chi connectivity index (χ0v) is 12.4. The molecule has 0 saturated heterocycles. The number of thioether (sulfide) groups is 1. The number of thiocarbonyl (C=S) groups is 1. The number of nitrogens with two attached hydrogens (primary N) is 1. The molecule has 0 fully saturated rings. The fraction of sp³-hybridized carbons (Fsp3) is 0.889. The van der Waals surface area contributed by atoms with Crippen LogP contribution in [0.15, 0.2) is 0 Å². The standard InChI is InChI=1S/C9H21NO2S2Si/c1-4-11-15(3,12-5-2)8-6-7-14-9(10)13/h4-8H2,1-3H3,(H2,10,13). The van der Waals surface area contributed by atoms with Crippen LogP contribution in [-0.2, 0) is 8.85 Å². The third kappa shape index (κ3) is 8.21. The molecule has 0 amide bonds. The lowest BCUT2D eigenvalue weighted by molar-refractivity contribution is 0.189. The van der Waals surface area contributed by atoms with Crippen molar-refractivity contribution in [3.8, 4) is 0 Å². The summed E-state index contributed by atoms with van der Waals surface area (Å²) in [4.78, 5) is 0. The van der Waals surface area contributed by atoms with Gasteiger partial charge in [0, 0.05) is 19.0 Å². The van der Waals surface area contributed by atoms with Gasteiger partial charge in [0.05, 0.1) is 0 Å². The molecular weight excluding hydrogens is 246 g/mol. The first-order valence-electron chi connectivity index (χ1n) is 5.24. The molecule has 0 atom stereocenters. The maximum absolute atomic E-state index is 5.72. The van der Waals surface area contributed by atoms with E-state index in [0.717, 1.165) is 31.4 Å². The van der Waals surface area contributed by atoms with Gasteiger partial charge in [-0.2, -0.15) is 0 Å². The van der Waals surface area contributed by atoms with Crippen molar-refractivity contribution >= 4 is 36.9 Å². The highest BCUT2D eigenvalue weighted by Crippen LogP contribution is 2.17. The summed E-state index contributed by atoms with van der Waals surface area (Å²) in [6.45, 7) is 7.59. The number of hydrogen-bond donors (Lipinski definition) is 1. The smallest absolute Gasteiger partial charge is 0.334 e. The van der Waals surface area contributed by atoms with Crippen molar-refractivity contribution in [3.63, 3.8) is 0 Å². The van der Waals surface area contributed by atoms with Gasteiger partial charge in [-0.3, -0.25) is 0 Å². The Labute approximate surface area is 103 Å². The Balaban J connectivity index is 3.79. The van der Waals surface area contributed by atoms with E-state index in [1.165, 1.54) is 11.8 Å². The summed E-state index contributed by atoms with van der Waals surface area (Å²) in [5.41, 5.74) is 5.40. The van der Waals surface area contributed by atoms with Crippen LogP contribution < -0.4 is 5.73 Å². The Kier molecular flexibility index (Phi) is 8.73. The Morgan fingerprint density at radius 3 is 2.27 bits per heavy atom. The quantitative estimate of drug-likeness (QED) is 0.416. The van der Waals surface area contributed by atoms with Crippen LogP contribution in [0.5, 0.6) is 0 Å². The van der Waals surface area contributed by atoms with E-state index >= 15 is 0 Å².